The maximum atomic E-state index is 6.20. The van der Waals surface area contributed by atoms with Crippen LogP contribution in [0.2, 0.25) is 0 Å². The van der Waals surface area contributed by atoms with E-state index < -0.39 is 0 Å². The summed E-state index contributed by atoms with van der Waals surface area (Å²) >= 11 is 0. The van der Waals surface area contributed by atoms with Gasteiger partial charge in [-0.15, -0.1) is 0 Å². The minimum Gasteiger partial charge on any atom is -0.493 e. The van der Waals surface area contributed by atoms with Gasteiger partial charge in [-0.05, 0) is 72.6 Å². The maximum absolute atomic E-state index is 6.20. The lowest BCUT2D eigenvalue weighted by atomic mass is 9.89. The van der Waals surface area contributed by atoms with Crippen molar-refractivity contribution in [2.45, 2.75) is 26.3 Å². The number of ether oxygens (including phenoxy) is 3. The number of fused-ring (bicyclic) bond motifs is 1. The SMILES string of the molecule is CCN(CC)CCOc1cc2c(cc1OC)CCNC2c1cccc(Oc2ccccc2)c1. The molecule has 4 rings (SSSR count). The molecule has 1 atom stereocenters. The highest BCUT2D eigenvalue weighted by Crippen LogP contribution is 2.38. The number of hydrogen-bond acceptors (Lipinski definition) is 5. The van der Waals surface area contributed by atoms with Crippen LogP contribution in [0.5, 0.6) is 23.0 Å². The summed E-state index contributed by atoms with van der Waals surface area (Å²) < 4.78 is 17.9. The van der Waals surface area contributed by atoms with E-state index in [0.29, 0.717) is 6.61 Å². The Morgan fingerprint density at radius 1 is 0.909 bits per heavy atom. The Morgan fingerprint density at radius 3 is 2.45 bits per heavy atom. The zero-order chi connectivity index (χ0) is 23.0. The van der Waals surface area contributed by atoms with Gasteiger partial charge in [0.2, 0.25) is 0 Å². The number of benzene rings is 3. The van der Waals surface area contributed by atoms with Gasteiger partial charge in [0, 0.05) is 13.1 Å². The molecule has 0 spiro atoms. The standard InChI is InChI=1S/C28H34N2O3/c1-4-30(5-2)16-17-32-27-20-25-21(19-26(27)31-3)14-15-29-28(25)22-10-9-13-24(18-22)33-23-11-7-6-8-12-23/h6-13,18-20,28-29H,4-5,14-17H2,1-3H3. The highest BCUT2D eigenvalue weighted by molar-refractivity contribution is 5.52. The van der Waals surface area contributed by atoms with E-state index >= 15 is 0 Å². The Morgan fingerprint density at radius 2 is 1.70 bits per heavy atom. The molecule has 174 valence electrons. The molecule has 1 N–H and O–H groups in total. The average Bonchev–Trinajstić information content (AvgIpc) is 2.86. The van der Waals surface area contributed by atoms with Gasteiger partial charge in [-0.3, -0.25) is 0 Å². The highest BCUT2D eigenvalue weighted by atomic mass is 16.5. The fourth-order valence-electron chi connectivity index (χ4n) is 4.34. The van der Waals surface area contributed by atoms with Crippen molar-refractivity contribution in [2.75, 3.05) is 39.9 Å². The molecule has 1 aliphatic heterocycles. The van der Waals surface area contributed by atoms with Crippen LogP contribution in [0.25, 0.3) is 0 Å². The van der Waals surface area contributed by atoms with Crippen LogP contribution in [-0.2, 0) is 6.42 Å². The van der Waals surface area contributed by atoms with Crippen LogP contribution in [0, 0.1) is 0 Å². The number of para-hydroxylation sites is 1. The molecule has 0 radical (unpaired) electrons. The van der Waals surface area contributed by atoms with E-state index in [4.69, 9.17) is 14.2 Å². The molecule has 0 saturated carbocycles. The second-order valence-electron chi connectivity index (χ2n) is 8.20. The van der Waals surface area contributed by atoms with Crippen molar-refractivity contribution >= 4 is 0 Å². The summed E-state index contributed by atoms with van der Waals surface area (Å²) in [5.74, 6) is 3.26. The van der Waals surface area contributed by atoms with E-state index in [1.807, 2.05) is 36.4 Å². The van der Waals surface area contributed by atoms with Crippen LogP contribution in [0.1, 0.15) is 36.6 Å². The number of methoxy groups -OCH3 is 1. The van der Waals surface area contributed by atoms with E-state index in [-0.39, 0.29) is 6.04 Å². The fourth-order valence-corrected chi connectivity index (χ4v) is 4.34. The molecule has 33 heavy (non-hydrogen) atoms. The van der Waals surface area contributed by atoms with Gasteiger partial charge in [-0.2, -0.15) is 0 Å². The van der Waals surface area contributed by atoms with Crippen molar-refractivity contribution in [3.8, 4) is 23.0 Å². The van der Waals surface area contributed by atoms with Crippen LogP contribution >= 0.6 is 0 Å². The van der Waals surface area contributed by atoms with Crippen LogP contribution < -0.4 is 19.5 Å². The number of rotatable bonds is 10. The summed E-state index contributed by atoms with van der Waals surface area (Å²) in [6.07, 6.45) is 0.960. The predicted molar refractivity (Wildman–Crippen MR) is 133 cm³/mol. The lowest BCUT2D eigenvalue weighted by Crippen LogP contribution is -2.31. The summed E-state index contributed by atoms with van der Waals surface area (Å²) in [5, 5.41) is 3.68. The van der Waals surface area contributed by atoms with Crippen molar-refractivity contribution in [2.24, 2.45) is 0 Å². The number of nitrogens with zero attached hydrogens (tertiary/aromatic N) is 1. The van der Waals surface area contributed by atoms with E-state index in [0.717, 1.165) is 55.6 Å². The quantitative estimate of drug-likeness (QED) is 0.449. The maximum Gasteiger partial charge on any atom is 0.161 e. The van der Waals surface area contributed by atoms with Gasteiger partial charge in [-0.1, -0.05) is 44.2 Å². The largest absolute Gasteiger partial charge is 0.493 e. The van der Waals surface area contributed by atoms with Gasteiger partial charge in [-0.25, -0.2) is 0 Å². The molecule has 1 unspecified atom stereocenters. The number of nitrogens with one attached hydrogen (secondary N) is 1. The topological polar surface area (TPSA) is 43.0 Å². The zero-order valence-corrected chi connectivity index (χ0v) is 19.8. The Balaban J connectivity index is 1.58. The molecular formula is C28H34N2O3. The molecular weight excluding hydrogens is 412 g/mol. The van der Waals surface area contributed by atoms with E-state index in [1.54, 1.807) is 7.11 Å². The lowest BCUT2D eigenvalue weighted by molar-refractivity contribution is 0.217. The molecule has 0 aromatic heterocycles. The second kappa shape index (κ2) is 11.2. The molecule has 1 aliphatic rings. The third-order valence-corrected chi connectivity index (χ3v) is 6.21. The third kappa shape index (κ3) is 5.67. The summed E-state index contributed by atoms with van der Waals surface area (Å²) in [6, 6.07) is 22.6. The molecule has 5 heteroatoms. The average molecular weight is 447 g/mol. The normalized spacial score (nSPS) is 15.2. The van der Waals surface area contributed by atoms with E-state index in [9.17, 15) is 0 Å². The molecule has 0 amide bonds. The van der Waals surface area contributed by atoms with Gasteiger partial charge in [0.15, 0.2) is 11.5 Å². The number of likely N-dealkylation sites (N-methyl/N-ethyl adjacent to an activating group) is 1. The highest BCUT2D eigenvalue weighted by Gasteiger charge is 2.24. The Bertz CT molecular complexity index is 1030. The van der Waals surface area contributed by atoms with Crippen LogP contribution in [0.3, 0.4) is 0 Å². The van der Waals surface area contributed by atoms with Crippen molar-refractivity contribution in [1.82, 2.24) is 10.2 Å². The van der Waals surface area contributed by atoms with Gasteiger partial charge in [0.25, 0.3) is 0 Å². The molecule has 1 heterocycles. The fraction of sp³-hybridized carbons (Fsp3) is 0.357. The second-order valence-corrected chi connectivity index (χ2v) is 8.20. The Hall–Kier alpha value is -3.02. The molecule has 0 saturated heterocycles. The summed E-state index contributed by atoms with van der Waals surface area (Å²) in [4.78, 5) is 2.35. The predicted octanol–water partition coefficient (Wildman–Crippen LogP) is 5.44. The van der Waals surface area contributed by atoms with Crippen molar-refractivity contribution in [3.05, 3.63) is 83.4 Å². The zero-order valence-electron chi connectivity index (χ0n) is 19.8. The van der Waals surface area contributed by atoms with Gasteiger partial charge in [0.1, 0.15) is 18.1 Å². The van der Waals surface area contributed by atoms with Gasteiger partial charge >= 0.3 is 0 Å². The summed E-state index contributed by atoms with van der Waals surface area (Å²) in [7, 11) is 1.71. The molecule has 5 nitrogen and oxygen atoms in total. The summed E-state index contributed by atoms with van der Waals surface area (Å²) in [6.45, 7) is 8.84. The number of hydrogen-bond donors (Lipinski definition) is 1. The first-order chi connectivity index (χ1) is 16.2. The minimum atomic E-state index is 0.0733. The Labute approximate surface area is 197 Å². The molecule has 3 aromatic carbocycles. The lowest BCUT2D eigenvalue weighted by Gasteiger charge is -2.29. The summed E-state index contributed by atoms with van der Waals surface area (Å²) in [5.41, 5.74) is 3.70. The minimum absolute atomic E-state index is 0.0733. The van der Waals surface area contributed by atoms with Crippen molar-refractivity contribution in [1.29, 1.82) is 0 Å². The van der Waals surface area contributed by atoms with Gasteiger partial charge < -0.3 is 24.4 Å². The monoisotopic (exact) mass is 446 g/mol. The smallest absolute Gasteiger partial charge is 0.161 e. The van der Waals surface area contributed by atoms with Crippen LogP contribution in [0.4, 0.5) is 0 Å². The van der Waals surface area contributed by atoms with Crippen LogP contribution in [-0.4, -0.2) is 44.8 Å². The molecule has 0 fully saturated rings. The van der Waals surface area contributed by atoms with Crippen LogP contribution in [0.15, 0.2) is 66.7 Å². The Kier molecular flexibility index (Phi) is 7.87. The molecule has 3 aromatic rings. The van der Waals surface area contributed by atoms with Crippen molar-refractivity contribution < 1.29 is 14.2 Å². The molecule has 0 aliphatic carbocycles. The molecule has 0 bridgehead atoms. The first-order valence-electron chi connectivity index (χ1n) is 11.8. The third-order valence-electron chi connectivity index (χ3n) is 6.21. The first kappa shape index (κ1) is 23.1. The van der Waals surface area contributed by atoms with Crippen molar-refractivity contribution in [3.63, 3.8) is 0 Å². The van der Waals surface area contributed by atoms with E-state index in [2.05, 4.69) is 54.4 Å². The van der Waals surface area contributed by atoms with Gasteiger partial charge in [0.05, 0.1) is 13.2 Å². The van der Waals surface area contributed by atoms with E-state index in [1.165, 1.54) is 16.7 Å². The first-order valence-corrected chi connectivity index (χ1v) is 11.8.